The molecule has 0 aliphatic rings. The quantitative estimate of drug-likeness (QED) is 0.614. The molecule has 1 aromatic carbocycles. The third kappa shape index (κ3) is 2.83. The molecular weight excluding hydrogens is 182 g/mol. The van der Waals surface area contributed by atoms with Gasteiger partial charge in [-0.1, -0.05) is 30.3 Å². The molecule has 0 unspecified atom stereocenters. The summed E-state index contributed by atoms with van der Waals surface area (Å²) in [5.74, 6) is -1.28. The number of benzene rings is 1. The van der Waals surface area contributed by atoms with Crippen molar-refractivity contribution in [3.63, 3.8) is 0 Å². The molecule has 3 N–H and O–H groups in total. The van der Waals surface area contributed by atoms with Crippen molar-refractivity contribution in [2.24, 2.45) is 0 Å². The Morgan fingerprint density at radius 2 is 2.00 bits per heavy atom. The van der Waals surface area contributed by atoms with Crippen LogP contribution in [-0.4, -0.2) is 21.9 Å². The van der Waals surface area contributed by atoms with E-state index in [0.29, 0.717) is 6.54 Å². The summed E-state index contributed by atoms with van der Waals surface area (Å²) in [6.07, 6.45) is 0. The second-order valence-corrected chi connectivity index (χ2v) is 3.22. The summed E-state index contributed by atoms with van der Waals surface area (Å²) in [5.41, 5.74) is -0.954. The lowest BCUT2D eigenvalue weighted by molar-refractivity contribution is -0.160. The minimum Gasteiger partial charge on any atom is -0.478 e. The Kier molecular flexibility index (Phi) is 3.22. The van der Waals surface area contributed by atoms with Crippen LogP contribution in [0.3, 0.4) is 0 Å². The Morgan fingerprint density at radius 1 is 1.43 bits per heavy atom. The predicted octanol–water partition coefficient (Wildman–Crippen LogP) is 0.569. The summed E-state index contributed by atoms with van der Waals surface area (Å²) in [6, 6.07) is 9.29. The number of carbonyl (C=O) groups is 1. The SMILES string of the molecule is C[C@@](O)(NCc1ccccc1)C(=O)O. The van der Waals surface area contributed by atoms with Gasteiger partial charge >= 0.3 is 5.97 Å². The van der Waals surface area contributed by atoms with Crippen LogP contribution in [0.25, 0.3) is 0 Å². The predicted molar refractivity (Wildman–Crippen MR) is 51.5 cm³/mol. The minimum atomic E-state index is -1.88. The van der Waals surface area contributed by atoms with E-state index in [-0.39, 0.29) is 0 Å². The molecule has 0 aliphatic carbocycles. The topological polar surface area (TPSA) is 69.6 Å². The second kappa shape index (κ2) is 4.21. The number of hydrogen-bond acceptors (Lipinski definition) is 3. The standard InChI is InChI=1S/C10H13NO3/c1-10(14,9(12)13)11-7-8-5-3-2-4-6-8/h2-6,11,14H,7H2,1H3,(H,12,13)/t10-/m0/s1. The van der Waals surface area contributed by atoms with Gasteiger partial charge in [0, 0.05) is 6.54 Å². The second-order valence-electron chi connectivity index (χ2n) is 3.22. The van der Waals surface area contributed by atoms with Crippen molar-refractivity contribution in [1.29, 1.82) is 0 Å². The first-order valence-electron chi connectivity index (χ1n) is 4.27. The van der Waals surface area contributed by atoms with Gasteiger partial charge in [0.25, 0.3) is 0 Å². The molecule has 1 atom stereocenters. The van der Waals surface area contributed by atoms with E-state index in [1.165, 1.54) is 6.92 Å². The first kappa shape index (κ1) is 10.7. The molecule has 0 spiro atoms. The highest BCUT2D eigenvalue weighted by Crippen LogP contribution is 2.02. The number of nitrogens with one attached hydrogen (secondary N) is 1. The first-order chi connectivity index (χ1) is 6.52. The third-order valence-electron chi connectivity index (χ3n) is 1.90. The average Bonchev–Trinajstić information content (AvgIpc) is 2.16. The van der Waals surface area contributed by atoms with E-state index in [0.717, 1.165) is 5.56 Å². The van der Waals surface area contributed by atoms with Crippen LogP contribution in [0.15, 0.2) is 30.3 Å². The maximum absolute atomic E-state index is 10.5. The minimum absolute atomic E-state index is 0.320. The molecule has 0 aromatic heterocycles. The van der Waals surface area contributed by atoms with Gasteiger partial charge in [-0.2, -0.15) is 0 Å². The molecule has 0 fully saturated rings. The molecule has 0 bridgehead atoms. The van der Waals surface area contributed by atoms with E-state index in [4.69, 9.17) is 5.11 Å². The summed E-state index contributed by atoms with van der Waals surface area (Å²) < 4.78 is 0. The Bertz CT molecular complexity index is 308. The Labute approximate surface area is 82.2 Å². The largest absolute Gasteiger partial charge is 0.478 e. The zero-order valence-electron chi connectivity index (χ0n) is 7.90. The number of carboxylic acids is 1. The third-order valence-corrected chi connectivity index (χ3v) is 1.90. The summed E-state index contributed by atoms with van der Waals surface area (Å²) in [6.45, 7) is 1.53. The molecule has 76 valence electrons. The maximum Gasteiger partial charge on any atom is 0.350 e. The van der Waals surface area contributed by atoms with Crippen molar-refractivity contribution in [1.82, 2.24) is 5.32 Å². The lowest BCUT2D eigenvalue weighted by Gasteiger charge is -2.19. The van der Waals surface area contributed by atoms with Gasteiger partial charge in [0.05, 0.1) is 0 Å². The van der Waals surface area contributed by atoms with Gasteiger partial charge in [0.15, 0.2) is 0 Å². The van der Waals surface area contributed by atoms with Gasteiger partial charge in [-0.05, 0) is 12.5 Å². The smallest absolute Gasteiger partial charge is 0.350 e. The van der Waals surface area contributed by atoms with Crippen LogP contribution in [0.1, 0.15) is 12.5 Å². The van der Waals surface area contributed by atoms with E-state index in [1.807, 2.05) is 30.3 Å². The summed E-state index contributed by atoms with van der Waals surface area (Å²) >= 11 is 0. The lowest BCUT2D eigenvalue weighted by Crippen LogP contribution is -2.48. The Balaban J connectivity index is 2.53. The lowest BCUT2D eigenvalue weighted by atomic mass is 10.2. The number of hydrogen-bond donors (Lipinski definition) is 3. The molecule has 14 heavy (non-hydrogen) atoms. The maximum atomic E-state index is 10.5. The fourth-order valence-corrected chi connectivity index (χ4v) is 0.946. The van der Waals surface area contributed by atoms with Crippen LogP contribution in [-0.2, 0) is 11.3 Å². The molecular formula is C10H13NO3. The molecule has 0 aliphatic heterocycles. The Hall–Kier alpha value is -1.39. The van der Waals surface area contributed by atoms with Crippen LogP contribution in [0, 0.1) is 0 Å². The number of carboxylic acid groups (broad SMARTS) is 1. The van der Waals surface area contributed by atoms with Crippen molar-refractivity contribution in [2.45, 2.75) is 19.2 Å². The molecule has 0 radical (unpaired) electrons. The highest BCUT2D eigenvalue weighted by molar-refractivity contribution is 5.75. The van der Waals surface area contributed by atoms with Crippen LogP contribution >= 0.6 is 0 Å². The van der Waals surface area contributed by atoms with E-state index < -0.39 is 11.7 Å². The first-order valence-corrected chi connectivity index (χ1v) is 4.27. The fraction of sp³-hybridized carbons (Fsp3) is 0.300. The molecule has 0 amide bonds. The van der Waals surface area contributed by atoms with Crippen LogP contribution in [0.5, 0.6) is 0 Å². The van der Waals surface area contributed by atoms with Crippen LogP contribution < -0.4 is 5.32 Å². The highest BCUT2D eigenvalue weighted by atomic mass is 16.4. The van der Waals surface area contributed by atoms with Crippen LogP contribution in [0.4, 0.5) is 0 Å². The summed E-state index contributed by atoms with van der Waals surface area (Å²) in [5, 5.41) is 20.5. The van der Waals surface area contributed by atoms with Crippen molar-refractivity contribution in [2.75, 3.05) is 0 Å². The normalized spacial score (nSPS) is 14.7. The zero-order valence-corrected chi connectivity index (χ0v) is 7.90. The Morgan fingerprint density at radius 3 is 2.50 bits per heavy atom. The van der Waals surface area contributed by atoms with Crippen molar-refractivity contribution >= 4 is 5.97 Å². The van der Waals surface area contributed by atoms with E-state index >= 15 is 0 Å². The fourth-order valence-electron chi connectivity index (χ4n) is 0.946. The molecule has 0 saturated heterocycles. The molecule has 4 nitrogen and oxygen atoms in total. The van der Waals surface area contributed by atoms with Crippen LogP contribution in [0.2, 0.25) is 0 Å². The van der Waals surface area contributed by atoms with Gasteiger partial charge in [-0.25, -0.2) is 4.79 Å². The number of aliphatic hydroxyl groups is 1. The van der Waals surface area contributed by atoms with Crippen molar-refractivity contribution in [3.8, 4) is 0 Å². The number of aliphatic carboxylic acids is 1. The van der Waals surface area contributed by atoms with Crippen molar-refractivity contribution in [3.05, 3.63) is 35.9 Å². The van der Waals surface area contributed by atoms with Crippen molar-refractivity contribution < 1.29 is 15.0 Å². The average molecular weight is 195 g/mol. The van der Waals surface area contributed by atoms with E-state index in [9.17, 15) is 9.90 Å². The number of rotatable bonds is 4. The zero-order chi connectivity index (χ0) is 10.6. The highest BCUT2D eigenvalue weighted by Gasteiger charge is 2.28. The molecule has 0 heterocycles. The van der Waals surface area contributed by atoms with Gasteiger partial charge in [0.1, 0.15) is 0 Å². The molecule has 1 aromatic rings. The molecule has 0 saturated carbocycles. The monoisotopic (exact) mass is 195 g/mol. The summed E-state index contributed by atoms with van der Waals surface area (Å²) in [7, 11) is 0. The van der Waals surface area contributed by atoms with Gasteiger partial charge in [-0.15, -0.1) is 0 Å². The molecule has 4 heteroatoms. The van der Waals surface area contributed by atoms with E-state index in [1.54, 1.807) is 0 Å². The van der Waals surface area contributed by atoms with Gasteiger partial charge in [-0.3, -0.25) is 5.32 Å². The van der Waals surface area contributed by atoms with E-state index in [2.05, 4.69) is 5.32 Å². The van der Waals surface area contributed by atoms with Gasteiger partial charge < -0.3 is 10.2 Å². The molecule has 1 rings (SSSR count). The van der Waals surface area contributed by atoms with Gasteiger partial charge in [0.2, 0.25) is 5.72 Å². The summed E-state index contributed by atoms with van der Waals surface area (Å²) in [4.78, 5) is 10.5.